The molecule has 1 aromatic heterocycles. The van der Waals surface area contributed by atoms with Crippen LogP contribution in [0.1, 0.15) is 35.8 Å². The second-order valence-corrected chi connectivity index (χ2v) is 7.88. The van der Waals surface area contributed by atoms with E-state index in [4.69, 9.17) is 4.74 Å². The zero-order valence-corrected chi connectivity index (χ0v) is 16.9. The summed E-state index contributed by atoms with van der Waals surface area (Å²) in [6.07, 6.45) is 3.56. The molecule has 1 amide bonds. The highest BCUT2D eigenvalue weighted by atomic mass is 19.1. The molecule has 1 fully saturated rings. The van der Waals surface area contributed by atoms with Crippen LogP contribution in [0.4, 0.5) is 10.1 Å². The number of halogens is 1. The minimum absolute atomic E-state index is 0.0431. The Hall–Kier alpha value is -3.28. The van der Waals surface area contributed by atoms with Gasteiger partial charge in [0.05, 0.1) is 23.5 Å². The molecule has 6 heteroatoms. The zero-order valence-electron chi connectivity index (χ0n) is 16.9. The van der Waals surface area contributed by atoms with Crippen LogP contribution in [0.25, 0.3) is 5.69 Å². The fourth-order valence-corrected chi connectivity index (χ4v) is 4.63. The fraction of sp³-hybridized carbons (Fsp3) is 0.292. The predicted octanol–water partition coefficient (Wildman–Crippen LogP) is 4.57. The number of amides is 1. The van der Waals surface area contributed by atoms with E-state index in [-0.39, 0.29) is 17.3 Å². The highest BCUT2D eigenvalue weighted by molar-refractivity contribution is 5.94. The molecule has 0 unspecified atom stereocenters. The molecular formula is C24H24FN3O2. The van der Waals surface area contributed by atoms with Gasteiger partial charge in [0.25, 0.3) is 5.91 Å². The summed E-state index contributed by atoms with van der Waals surface area (Å²) >= 11 is 0. The normalized spacial score (nSPS) is 16.5. The van der Waals surface area contributed by atoms with Crippen molar-refractivity contribution in [3.05, 3.63) is 77.9 Å². The average Bonchev–Trinajstić information content (AvgIpc) is 3.27. The lowest BCUT2D eigenvalue weighted by Gasteiger charge is -2.46. The molecule has 0 radical (unpaired) electrons. The van der Waals surface area contributed by atoms with Gasteiger partial charge in [0.1, 0.15) is 11.6 Å². The van der Waals surface area contributed by atoms with Gasteiger partial charge >= 0.3 is 0 Å². The molecule has 0 saturated carbocycles. The van der Waals surface area contributed by atoms with Crippen LogP contribution in [0.15, 0.2) is 60.8 Å². The van der Waals surface area contributed by atoms with Crippen molar-refractivity contribution in [3.8, 4) is 11.4 Å². The van der Waals surface area contributed by atoms with Crippen LogP contribution in [-0.4, -0.2) is 35.1 Å². The molecule has 154 valence electrons. The number of anilines is 1. The van der Waals surface area contributed by atoms with Gasteiger partial charge in [0.15, 0.2) is 0 Å². The first-order chi connectivity index (χ1) is 14.6. The second-order valence-electron chi connectivity index (χ2n) is 7.88. The standard InChI is InChI=1S/C24H24FN3O2/c1-2-30-19-8-5-17(6-9-19)23(29)27-14-11-24(12-15-27)22-4-3-13-28(22)21-16-18(25)7-10-20(21)26-24/h3-10,13,16,26H,2,11-12,14-15H2,1H3. The molecule has 2 aliphatic rings. The molecule has 0 atom stereocenters. The molecule has 0 bridgehead atoms. The van der Waals surface area contributed by atoms with Gasteiger partial charge in [-0.15, -0.1) is 0 Å². The van der Waals surface area contributed by atoms with E-state index >= 15 is 0 Å². The molecule has 30 heavy (non-hydrogen) atoms. The van der Waals surface area contributed by atoms with Crippen molar-refractivity contribution >= 4 is 11.6 Å². The van der Waals surface area contributed by atoms with Gasteiger partial charge < -0.3 is 19.5 Å². The molecule has 5 rings (SSSR count). The van der Waals surface area contributed by atoms with Crippen molar-refractivity contribution in [1.29, 1.82) is 0 Å². The number of aromatic nitrogens is 1. The van der Waals surface area contributed by atoms with E-state index < -0.39 is 0 Å². The quantitative estimate of drug-likeness (QED) is 0.694. The van der Waals surface area contributed by atoms with Crippen molar-refractivity contribution in [3.63, 3.8) is 0 Å². The summed E-state index contributed by atoms with van der Waals surface area (Å²) in [5, 5.41) is 3.66. The number of nitrogens with one attached hydrogen (secondary N) is 1. The zero-order chi connectivity index (χ0) is 20.7. The van der Waals surface area contributed by atoms with E-state index in [9.17, 15) is 9.18 Å². The Balaban J connectivity index is 1.35. The minimum atomic E-state index is -0.260. The molecule has 2 aromatic carbocycles. The molecule has 1 spiro atoms. The maximum atomic E-state index is 13.8. The number of nitrogens with zero attached hydrogens (tertiary/aromatic N) is 2. The van der Waals surface area contributed by atoms with Gasteiger partial charge in [-0.2, -0.15) is 0 Å². The molecule has 5 nitrogen and oxygen atoms in total. The third-order valence-electron chi connectivity index (χ3n) is 6.15. The van der Waals surface area contributed by atoms with Crippen LogP contribution < -0.4 is 10.1 Å². The van der Waals surface area contributed by atoms with E-state index in [1.165, 1.54) is 6.07 Å². The van der Waals surface area contributed by atoms with Gasteiger partial charge in [0, 0.05) is 30.5 Å². The fourth-order valence-electron chi connectivity index (χ4n) is 4.63. The molecule has 3 aromatic rings. The Labute approximate surface area is 175 Å². The van der Waals surface area contributed by atoms with Gasteiger partial charge in [-0.1, -0.05) is 0 Å². The number of likely N-dealkylation sites (tertiary alicyclic amines) is 1. The Morgan fingerprint density at radius 3 is 2.63 bits per heavy atom. The SMILES string of the molecule is CCOc1ccc(C(=O)N2CCC3(CC2)Nc2ccc(F)cc2-n2cccc23)cc1. The number of hydrogen-bond donors (Lipinski definition) is 1. The summed E-state index contributed by atoms with van der Waals surface area (Å²) in [4.78, 5) is 14.9. The molecule has 3 heterocycles. The van der Waals surface area contributed by atoms with E-state index in [1.54, 1.807) is 12.1 Å². The first-order valence-corrected chi connectivity index (χ1v) is 10.4. The first kappa shape index (κ1) is 18.7. The number of carbonyl (C=O) groups is 1. The average molecular weight is 405 g/mol. The predicted molar refractivity (Wildman–Crippen MR) is 114 cm³/mol. The van der Waals surface area contributed by atoms with Crippen molar-refractivity contribution < 1.29 is 13.9 Å². The molecule has 1 saturated heterocycles. The summed E-state index contributed by atoms with van der Waals surface area (Å²) in [6, 6.07) is 16.3. The maximum absolute atomic E-state index is 13.8. The van der Waals surface area contributed by atoms with E-state index in [0.717, 1.165) is 35.7 Å². The lowest BCUT2D eigenvalue weighted by molar-refractivity contribution is 0.0676. The van der Waals surface area contributed by atoms with Crippen LogP contribution in [-0.2, 0) is 5.54 Å². The molecule has 1 N–H and O–H groups in total. The molecule has 0 aliphatic carbocycles. The van der Waals surface area contributed by atoms with Crippen LogP contribution in [0, 0.1) is 5.82 Å². The third kappa shape index (κ3) is 3.03. The number of fused-ring (bicyclic) bond motifs is 4. The van der Waals surface area contributed by atoms with E-state index in [1.807, 2.05) is 48.4 Å². The van der Waals surface area contributed by atoms with Crippen molar-refractivity contribution in [2.24, 2.45) is 0 Å². The molecular weight excluding hydrogens is 381 g/mol. The number of hydrogen-bond acceptors (Lipinski definition) is 3. The van der Waals surface area contributed by atoms with Gasteiger partial charge in [0.2, 0.25) is 0 Å². The van der Waals surface area contributed by atoms with Crippen LogP contribution in [0.2, 0.25) is 0 Å². The largest absolute Gasteiger partial charge is 0.494 e. The highest BCUT2D eigenvalue weighted by Gasteiger charge is 2.42. The van der Waals surface area contributed by atoms with Crippen molar-refractivity contribution in [1.82, 2.24) is 9.47 Å². The van der Waals surface area contributed by atoms with Crippen LogP contribution in [0.5, 0.6) is 5.75 Å². The monoisotopic (exact) mass is 405 g/mol. The summed E-state index contributed by atoms with van der Waals surface area (Å²) in [6.45, 7) is 3.85. The summed E-state index contributed by atoms with van der Waals surface area (Å²) in [5.41, 5.74) is 3.29. The van der Waals surface area contributed by atoms with E-state index in [0.29, 0.717) is 25.3 Å². The maximum Gasteiger partial charge on any atom is 0.253 e. The highest BCUT2D eigenvalue weighted by Crippen LogP contribution is 2.43. The van der Waals surface area contributed by atoms with E-state index in [2.05, 4.69) is 16.0 Å². The van der Waals surface area contributed by atoms with Crippen molar-refractivity contribution in [2.75, 3.05) is 25.0 Å². The number of piperidine rings is 1. The minimum Gasteiger partial charge on any atom is -0.494 e. The number of carbonyl (C=O) groups excluding carboxylic acids is 1. The lowest BCUT2D eigenvalue weighted by Crippen LogP contribution is -2.51. The van der Waals surface area contributed by atoms with Gasteiger partial charge in [-0.3, -0.25) is 4.79 Å². The van der Waals surface area contributed by atoms with Crippen LogP contribution in [0.3, 0.4) is 0 Å². The molecule has 2 aliphatic heterocycles. The Bertz CT molecular complexity index is 1080. The Kier molecular flexibility index (Phi) is 4.50. The van der Waals surface area contributed by atoms with Crippen LogP contribution >= 0.6 is 0 Å². The number of benzene rings is 2. The Morgan fingerprint density at radius 2 is 1.90 bits per heavy atom. The second kappa shape index (κ2) is 7.20. The summed E-state index contributed by atoms with van der Waals surface area (Å²) in [5.74, 6) is 0.567. The Morgan fingerprint density at radius 1 is 1.13 bits per heavy atom. The smallest absolute Gasteiger partial charge is 0.253 e. The van der Waals surface area contributed by atoms with Gasteiger partial charge in [-0.05, 0) is 74.4 Å². The number of rotatable bonds is 3. The number of ether oxygens (including phenoxy) is 1. The first-order valence-electron chi connectivity index (χ1n) is 10.4. The topological polar surface area (TPSA) is 46.5 Å². The van der Waals surface area contributed by atoms with Gasteiger partial charge in [-0.25, -0.2) is 4.39 Å². The summed E-state index contributed by atoms with van der Waals surface area (Å²) in [7, 11) is 0. The van der Waals surface area contributed by atoms with Crippen molar-refractivity contribution in [2.45, 2.75) is 25.3 Å². The lowest BCUT2D eigenvalue weighted by atomic mass is 9.82. The summed E-state index contributed by atoms with van der Waals surface area (Å²) < 4.78 is 21.3. The third-order valence-corrected chi connectivity index (χ3v) is 6.15.